The first kappa shape index (κ1) is 12.7. The lowest BCUT2D eigenvalue weighted by molar-refractivity contribution is -0.150. The van der Waals surface area contributed by atoms with Crippen molar-refractivity contribution in [2.75, 3.05) is 5.32 Å². The Morgan fingerprint density at radius 3 is 2.72 bits per heavy atom. The number of carboxylic acid groups (broad SMARTS) is 1. The zero-order valence-corrected chi connectivity index (χ0v) is 9.92. The first-order valence-corrected chi connectivity index (χ1v) is 5.61. The molecule has 8 heteroatoms. The van der Waals surface area contributed by atoms with Crippen LogP contribution in [-0.2, 0) is 14.3 Å². The van der Waals surface area contributed by atoms with E-state index in [0.29, 0.717) is 12.8 Å². The number of nitrogens with zero attached hydrogens (tertiary/aromatic N) is 2. The minimum Gasteiger partial charge on any atom is -0.479 e. The molecule has 1 amide bonds. The molecule has 1 fully saturated rings. The fourth-order valence-electron chi connectivity index (χ4n) is 1.62. The van der Waals surface area contributed by atoms with E-state index in [2.05, 4.69) is 15.3 Å². The molecule has 2 atom stereocenters. The van der Waals surface area contributed by atoms with Crippen LogP contribution in [0.25, 0.3) is 0 Å². The van der Waals surface area contributed by atoms with Crippen molar-refractivity contribution in [3.8, 4) is 0 Å². The summed E-state index contributed by atoms with van der Waals surface area (Å²) >= 11 is 5.64. The van der Waals surface area contributed by atoms with Crippen LogP contribution in [0.1, 0.15) is 12.8 Å². The number of aromatic nitrogens is 2. The van der Waals surface area contributed by atoms with Crippen LogP contribution in [0.4, 0.5) is 5.82 Å². The van der Waals surface area contributed by atoms with Crippen LogP contribution >= 0.6 is 11.6 Å². The number of carbonyl (C=O) groups is 2. The second-order valence-electron chi connectivity index (χ2n) is 3.74. The van der Waals surface area contributed by atoms with E-state index in [1.54, 1.807) is 0 Å². The Morgan fingerprint density at radius 2 is 2.11 bits per heavy atom. The Hall–Kier alpha value is -1.73. The van der Waals surface area contributed by atoms with Crippen molar-refractivity contribution < 1.29 is 19.4 Å². The third-order valence-electron chi connectivity index (χ3n) is 2.47. The van der Waals surface area contributed by atoms with E-state index in [-0.39, 0.29) is 11.0 Å². The molecule has 1 aliphatic rings. The predicted octanol–water partition coefficient (Wildman–Crippen LogP) is 0.701. The number of nitrogens with one attached hydrogen (secondary N) is 1. The van der Waals surface area contributed by atoms with Crippen molar-refractivity contribution in [3.63, 3.8) is 0 Å². The molecule has 0 aromatic carbocycles. The summed E-state index contributed by atoms with van der Waals surface area (Å²) in [7, 11) is 0. The molecule has 2 N–H and O–H groups in total. The van der Waals surface area contributed by atoms with E-state index >= 15 is 0 Å². The van der Waals surface area contributed by atoms with Gasteiger partial charge in [0.1, 0.15) is 23.4 Å². The molecule has 0 spiro atoms. The second kappa shape index (κ2) is 5.28. The molecule has 7 nitrogen and oxygen atoms in total. The number of aliphatic carboxylic acids is 1. The number of anilines is 1. The largest absolute Gasteiger partial charge is 0.479 e. The zero-order chi connectivity index (χ0) is 13.1. The fraction of sp³-hybridized carbons (Fsp3) is 0.400. The molecule has 1 aliphatic heterocycles. The van der Waals surface area contributed by atoms with Gasteiger partial charge < -0.3 is 15.2 Å². The molecule has 1 saturated heterocycles. The molecular weight excluding hydrogens is 262 g/mol. The average molecular weight is 272 g/mol. The highest BCUT2D eigenvalue weighted by molar-refractivity contribution is 6.29. The van der Waals surface area contributed by atoms with Gasteiger partial charge in [-0.15, -0.1) is 0 Å². The Balaban J connectivity index is 1.95. The van der Waals surface area contributed by atoms with Crippen LogP contribution in [0.3, 0.4) is 0 Å². The van der Waals surface area contributed by atoms with Gasteiger partial charge in [0.2, 0.25) is 0 Å². The Labute approximate surface area is 107 Å². The maximum absolute atomic E-state index is 11.8. The van der Waals surface area contributed by atoms with Gasteiger partial charge in [0, 0.05) is 6.07 Å². The normalized spacial score (nSPS) is 22.7. The number of carbonyl (C=O) groups excluding carboxylic acids is 1. The highest BCUT2D eigenvalue weighted by Gasteiger charge is 2.34. The Bertz CT molecular complexity index is 482. The van der Waals surface area contributed by atoms with Crippen LogP contribution in [0.2, 0.25) is 5.15 Å². The number of rotatable bonds is 3. The Morgan fingerprint density at radius 1 is 1.39 bits per heavy atom. The van der Waals surface area contributed by atoms with E-state index in [4.69, 9.17) is 21.4 Å². The molecule has 2 rings (SSSR count). The maximum atomic E-state index is 11.8. The van der Waals surface area contributed by atoms with Crippen LogP contribution in [0, 0.1) is 0 Å². The average Bonchev–Trinajstić information content (AvgIpc) is 2.78. The van der Waals surface area contributed by atoms with E-state index in [1.807, 2.05) is 0 Å². The summed E-state index contributed by atoms with van der Waals surface area (Å²) in [5, 5.41) is 11.4. The molecular formula is C10H10ClN3O4. The fourth-order valence-corrected chi connectivity index (χ4v) is 1.77. The first-order chi connectivity index (χ1) is 8.56. The van der Waals surface area contributed by atoms with E-state index in [9.17, 15) is 9.59 Å². The zero-order valence-electron chi connectivity index (χ0n) is 9.17. The van der Waals surface area contributed by atoms with Crippen molar-refractivity contribution >= 4 is 29.3 Å². The third kappa shape index (κ3) is 2.93. The molecule has 1 aromatic rings. The molecule has 0 aliphatic carbocycles. The van der Waals surface area contributed by atoms with Gasteiger partial charge in [-0.2, -0.15) is 0 Å². The molecule has 0 saturated carbocycles. The summed E-state index contributed by atoms with van der Waals surface area (Å²) in [6.07, 6.45) is 0.196. The first-order valence-electron chi connectivity index (χ1n) is 5.23. The van der Waals surface area contributed by atoms with Gasteiger partial charge in [0.05, 0.1) is 0 Å². The molecule has 1 aromatic heterocycles. The summed E-state index contributed by atoms with van der Waals surface area (Å²) in [6, 6.07) is 1.39. The van der Waals surface area contributed by atoms with Gasteiger partial charge in [-0.05, 0) is 12.8 Å². The van der Waals surface area contributed by atoms with E-state index in [1.165, 1.54) is 12.4 Å². The van der Waals surface area contributed by atoms with Crippen molar-refractivity contribution in [1.82, 2.24) is 9.97 Å². The van der Waals surface area contributed by atoms with Crippen LogP contribution in [0.5, 0.6) is 0 Å². The van der Waals surface area contributed by atoms with Gasteiger partial charge in [0.25, 0.3) is 5.91 Å². The minimum absolute atomic E-state index is 0.205. The van der Waals surface area contributed by atoms with E-state index in [0.717, 1.165) is 0 Å². The number of hydrogen-bond donors (Lipinski definition) is 2. The van der Waals surface area contributed by atoms with Crippen molar-refractivity contribution in [1.29, 1.82) is 0 Å². The quantitative estimate of drug-likeness (QED) is 0.785. The molecule has 18 heavy (non-hydrogen) atoms. The summed E-state index contributed by atoms with van der Waals surface area (Å²) in [5.41, 5.74) is 0. The lowest BCUT2D eigenvalue weighted by atomic mass is 10.2. The van der Waals surface area contributed by atoms with Gasteiger partial charge in [0.15, 0.2) is 6.10 Å². The van der Waals surface area contributed by atoms with Crippen molar-refractivity contribution in [2.24, 2.45) is 0 Å². The molecule has 0 bridgehead atoms. The summed E-state index contributed by atoms with van der Waals surface area (Å²) in [6.45, 7) is 0. The maximum Gasteiger partial charge on any atom is 0.332 e. The van der Waals surface area contributed by atoms with Gasteiger partial charge in [-0.25, -0.2) is 14.8 Å². The third-order valence-corrected chi connectivity index (χ3v) is 2.68. The summed E-state index contributed by atoms with van der Waals surface area (Å²) in [4.78, 5) is 29.9. The number of ether oxygens (including phenoxy) is 1. The van der Waals surface area contributed by atoms with Crippen molar-refractivity contribution in [2.45, 2.75) is 25.0 Å². The molecule has 2 heterocycles. The monoisotopic (exact) mass is 271 g/mol. The van der Waals surface area contributed by atoms with Crippen molar-refractivity contribution in [3.05, 3.63) is 17.5 Å². The Kier molecular flexibility index (Phi) is 3.73. The lowest BCUT2D eigenvalue weighted by Gasteiger charge is -2.11. The minimum atomic E-state index is -1.06. The number of amides is 1. The SMILES string of the molecule is O=C(Nc1cc(Cl)ncn1)[C@@H]1CC[C@H](C(=O)O)O1. The molecule has 0 radical (unpaired) electrons. The highest BCUT2D eigenvalue weighted by Crippen LogP contribution is 2.21. The van der Waals surface area contributed by atoms with E-state index < -0.39 is 24.1 Å². The van der Waals surface area contributed by atoms with Crippen LogP contribution < -0.4 is 5.32 Å². The summed E-state index contributed by atoms with van der Waals surface area (Å²) < 4.78 is 5.10. The van der Waals surface area contributed by atoms with Gasteiger partial charge >= 0.3 is 5.97 Å². The predicted molar refractivity (Wildman–Crippen MR) is 61.2 cm³/mol. The van der Waals surface area contributed by atoms with Crippen LogP contribution in [0.15, 0.2) is 12.4 Å². The highest BCUT2D eigenvalue weighted by atomic mass is 35.5. The lowest BCUT2D eigenvalue weighted by Crippen LogP contribution is -2.30. The number of halogens is 1. The standard InChI is InChI=1S/C10H10ClN3O4/c11-7-3-8(13-4-12-7)14-9(15)5-1-2-6(18-5)10(16)17/h3-6H,1-2H2,(H,16,17)(H,12,13,14,15)/t5-,6+/m0/s1. The smallest absolute Gasteiger partial charge is 0.332 e. The number of carboxylic acids is 1. The summed E-state index contributed by atoms with van der Waals surface area (Å²) in [5.74, 6) is -1.24. The second-order valence-corrected chi connectivity index (χ2v) is 4.13. The molecule has 0 unspecified atom stereocenters. The van der Waals surface area contributed by atoms with Gasteiger partial charge in [-0.1, -0.05) is 11.6 Å². The molecule has 96 valence electrons. The number of hydrogen-bond acceptors (Lipinski definition) is 5. The topological polar surface area (TPSA) is 101 Å². The van der Waals surface area contributed by atoms with Crippen LogP contribution in [-0.4, -0.2) is 39.2 Å². The van der Waals surface area contributed by atoms with Gasteiger partial charge in [-0.3, -0.25) is 4.79 Å².